The van der Waals surface area contributed by atoms with Crippen molar-refractivity contribution in [2.75, 3.05) is 32.1 Å². The summed E-state index contributed by atoms with van der Waals surface area (Å²) in [5.74, 6) is -0.521. The molecule has 2 aromatic carbocycles. The maximum Gasteiger partial charge on any atom is 0.343 e. The summed E-state index contributed by atoms with van der Waals surface area (Å²) in [6.07, 6.45) is 0.882. The molecule has 3 rings (SSSR count). The van der Waals surface area contributed by atoms with E-state index < -0.39 is 16.0 Å². The number of ether oxygens (including phenoxy) is 2. The Bertz CT molecular complexity index is 986. The zero-order chi connectivity index (χ0) is 21.6. The summed E-state index contributed by atoms with van der Waals surface area (Å²) in [6, 6.07) is 15.0. The molecule has 0 unspecified atom stereocenters. The molecule has 0 saturated carbocycles. The fraction of sp³-hybridized carbons (Fsp3) is 0.333. The lowest BCUT2D eigenvalue weighted by molar-refractivity contribution is -0.142. The number of hydrogen-bond acceptors (Lipinski definition) is 6. The van der Waals surface area contributed by atoms with Crippen LogP contribution < -0.4 is 10.1 Å². The smallest absolute Gasteiger partial charge is 0.343 e. The van der Waals surface area contributed by atoms with Crippen LogP contribution >= 0.6 is 0 Å². The van der Waals surface area contributed by atoms with Gasteiger partial charge >= 0.3 is 5.97 Å². The van der Waals surface area contributed by atoms with E-state index >= 15 is 0 Å². The second-order valence-corrected chi connectivity index (χ2v) is 8.81. The van der Waals surface area contributed by atoms with Crippen molar-refractivity contribution in [3.05, 3.63) is 54.6 Å². The largest absolute Gasteiger partial charge is 0.482 e. The van der Waals surface area contributed by atoms with Crippen LogP contribution in [-0.4, -0.2) is 51.4 Å². The van der Waals surface area contributed by atoms with Crippen LogP contribution in [0, 0.1) is 5.92 Å². The Balaban J connectivity index is 1.55. The van der Waals surface area contributed by atoms with Gasteiger partial charge in [-0.1, -0.05) is 24.3 Å². The molecule has 1 aliphatic heterocycles. The van der Waals surface area contributed by atoms with Crippen molar-refractivity contribution in [2.45, 2.75) is 17.7 Å². The van der Waals surface area contributed by atoms with Crippen molar-refractivity contribution in [2.24, 2.45) is 5.92 Å². The van der Waals surface area contributed by atoms with E-state index in [1.54, 1.807) is 54.6 Å². The number of rotatable bonds is 7. The number of sulfonamides is 1. The third-order valence-electron chi connectivity index (χ3n) is 4.89. The van der Waals surface area contributed by atoms with E-state index in [1.165, 1.54) is 11.4 Å². The molecular weight excluding hydrogens is 408 g/mol. The number of esters is 1. The topological polar surface area (TPSA) is 102 Å². The molecule has 0 spiro atoms. The Morgan fingerprint density at radius 3 is 2.43 bits per heavy atom. The van der Waals surface area contributed by atoms with Gasteiger partial charge in [-0.05, 0) is 37.1 Å². The predicted octanol–water partition coefficient (Wildman–Crippen LogP) is 2.28. The van der Waals surface area contributed by atoms with Crippen molar-refractivity contribution in [1.82, 2.24) is 4.31 Å². The van der Waals surface area contributed by atoms with Crippen molar-refractivity contribution in [3.63, 3.8) is 0 Å². The maximum absolute atomic E-state index is 12.7. The van der Waals surface area contributed by atoms with E-state index in [1.807, 2.05) is 0 Å². The minimum Gasteiger partial charge on any atom is -0.482 e. The molecule has 0 aliphatic carbocycles. The highest BCUT2D eigenvalue weighted by molar-refractivity contribution is 7.89. The zero-order valence-corrected chi connectivity index (χ0v) is 17.4. The van der Waals surface area contributed by atoms with Crippen LogP contribution in [0.2, 0.25) is 0 Å². The van der Waals surface area contributed by atoms with Crippen molar-refractivity contribution in [1.29, 1.82) is 0 Å². The lowest BCUT2D eigenvalue weighted by Crippen LogP contribution is -2.41. The summed E-state index contributed by atoms with van der Waals surface area (Å²) in [4.78, 5) is 24.1. The number of benzene rings is 2. The van der Waals surface area contributed by atoms with Crippen LogP contribution in [0.4, 0.5) is 5.69 Å². The first-order valence-corrected chi connectivity index (χ1v) is 11.0. The Morgan fingerprint density at radius 2 is 1.77 bits per heavy atom. The SMILES string of the molecule is COC(=O)COc1cccc(NC(=O)C2CCN(S(=O)(=O)c3ccccc3)CC2)c1. The number of amides is 1. The Kier molecular flexibility index (Phi) is 7.07. The van der Waals surface area contributed by atoms with Gasteiger partial charge in [0.05, 0.1) is 12.0 Å². The number of carbonyl (C=O) groups excluding carboxylic acids is 2. The van der Waals surface area contributed by atoms with Crippen molar-refractivity contribution in [3.8, 4) is 5.75 Å². The number of piperidine rings is 1. The average Bonchev–Trinajstić information content (AvgIpc) is 2.78. The van der Waals surface area contributed by atoms with Gasteiger partial charge in [-0.25, -0.2) is 13.2 Å². The molecule has 0 radical (unpaired) electrons. The monoisotopic (exact) mass is 432 g/mol. The highest BCUT2D eigenvalue weighted by atomic mass is 32.2. The highest BCUT2D eigenvalue weighted by Gasteiger charge is 2.32. The third kappa shape index (κ3) is 5.37. The molecule has 160 valence electrons. The van der Waals surface area contributed by atoms with Gasteiger partial charge < -0.3 is 14.8 Å². The first kappa shape index (κ1) is 21.8. The van der Waals surface area contributed by atoms with Gasteiger partial charge in [0.1, 0.15) is 5.75 Å². The van der Waals surface area contributed by atoms with E-state index in [4.69, 9.17) is 4.74 Å². The number of anilines is 1. The molecule has 1 N–H and O–H groups in total. The molecule has 2 aromatic rings. The molecule has 0 bridgehead atoms. The normalized spacial score (nSPS) is 15.4. The van der Waals surface area contributed by atoms with E-state index in [2.05, 4.69) is 10.1 Å². The molecule has 1 aliphatic rings. The van der Waals surface area contributed by atoms with Crippen molar-refractivity contribution < 1.29 is 27.5 Å². The fourth-order valence-electron chi connectivity index (χ4n) is 3.21. The highest BCUT2D eigenvalue weighted by Crippen LogP contribution is 2.25. The lowest BCUT2D eigenvalue weighted by Gasteiger charge is -2.30. The quantitative estimate of drug-likeness (QED) is 0.674. The van der Waals surface area contributed by atoms with Gasteiger partial charge in [0, 0.05) is 30.8 Å². The number of methoxy groups -OCH3 is 1. The molecule has 1 amide bonds. The van der Waals surface area contributed by atoms with E-state index in [9.17, 15) is 18.0 Å². The van der Waals surface area contributed by atoms with Gasteiger partial charge in [0.25, 0.3) is 0 Å². The van der Waals surface area contributed by atoms with Crippen LogP contribution in [-0.2, 0) is 24.3 Å². The molecule has 1 heterocycles. The second kappa shape index (κ2) is 9.73. The first-order chi connectivity index (χ1) is 14.4. The Morgan fingerprint density at radius 1 is 1.07 bits per heavy atom. The molecule has 1 fully saturated rings. The number of nitrogens with zero attached hydrogens (tertiary/aromatic N) is 1. The maximum atomic E-state index is 12.7. The summed E-state index contributed by atoms with van der Waals surface area (Å²) in [5.41, 5.74) is 0.543. The van der Waals surface area contributed by atoms with Gasteiger partial charge in [-0.3, -0.25) is 4.79 Å². The molecular formula is C21H24N2O6S. The summed E-state index contributed by atoms with van der Waals surface area (Å²) < 4.78 is 36.7. The molecule has 0 aromatic heterocycles. The van der Waals surface area contributed by atoms with Crippen molar-refractivity contribution >= 4 is 27.6 Å². The summed E-state index contributed by atoms with van der Waals surface area (Å²) >= 11 is 0. The van der Waals surface area contributed by atoms with Crippen LogP contribution in [0.5, 0.6) is 5.75 Å². The molecule has 8 nitrogen and oxygen atoms in total. The zero-order valence-electron chi connectivity index (χ0n) is 16.6. The predicted molar refractivity (Wildman–Crippen MR) is 111 cm³/mol. The second-order valence-electron chi connectivity index (χ2n) is 6.87. The third-order valence-corrected chi connectivity index (χ3v) is 6.80. The van der Waals surface area contributed by atoms with Gasteiger partial charge in [0.2, 0.25) is 15.9 Å². The van der Waals surface area contributed by atoms with Crippen LogP contribution in [0.1, 0.15) is 12.8 Å². The van der Waals surface area contributed by atoms with Crippen LogP contribution in [0.3, 0.4) is 0 Å². The molecule has 9 heteroatoms. The minimum absolute atomic E-state index is 0.170. The lowest BCUT2D eigenvalue weighted by atomic mass is 9.97. The summed E-state index contributed by atoms with van der Waals surface area (Å²) in [6.45, 7) is 0.359. The Labute approximate surface area is 175 Å². The van der Waals surface area contributed by atoms with Crippen LogP contribution in [0.25, 0.3) is 0 Å². The minimum atomic E-state index is -3.54. The van der Waals surface area contributed by atoms with Gasteiger partial charge in [0.15, 0.2) is 6.61 Å². The molecule has 0 atom stereocenters. The fourth-order valence-corrected chi connectivity index (χ4v) is 4.70. The Hall–Kier alpha value is -2.91. The van der Waals surface area contributed by atoms with Gasteiger partial charge in [-0.15, -0.1) is 0 Å². The molecule has 30 heavy (non-hydrogen) atoms. The summed E-state index contributed by atoms with van der Waals surface area (Å²) in [5, 5.41) is 2.84. The van der Waals surface area contributed by atoms with E-state index in [0.29, 0.717) is 24.3 Å². The van der Waals surface area contributed by atoms with E-state index in [-0.39, 0.29) is 36.4 Å². The number of hydrogen-bond donors (Lipinski definition) is 1. The molecule has 1 saturated heterocycles. The average molecular weight is 432 g/mol. The van der Waals surface area contributed by atoms with Crippen LogP contribution in [0.15, 0.2) is 59.5 Å². The van der Waals surface area contributed by atoms with E-state index in [0.717, 1.165) is 0 Å². The standard InChI is InChI=1S/C21H24N2O6S/c1-28-20(24)15-29-18-7-5-6-17(14-18)22-21(25)16-10-12-23(13-11-16)30(26,27)19-8-3-2-4-9-19/h2-9,14,16H,10-13,15H2,1H3,(H,22,25). The van der Waals surface area contributed by atoms with Gasteiger partial charge in [-0.2, -0.15) is 4.31 Å². The summed E-state index contributed by atoms with van der Waals surface area (Å²) in [7, 11) is -2.27. The number of carbonyl (C=O) groups is 2. The first-order valence-electron chi connectivity index (χ1n) is 9.56. The number of nitrogens with one attached hydrogen (secondary N) is 1.